The molecule has 0 fully saturated rings. The fourth-order valence-electron chi connectivity index (χ4n) is 2.45. The van der Waals surface area contributed by atoms with Gasteiger partial charge in [0.05, 0.1) is 11.6 Å². The van der Waals surface area contributed by atoms with Gasteiger partial charge in [0.15, 0.2) is 5.78 Å². The Labute approximate surface area is 120 Å². The molecular weight excluding hydrogens is 250 g/mol. The number of nitrogens with zero attached hydrogens (tertiary/aromatic N) is 1. The van der Waals surface area contributed by atoms with Crippen LogP contribution in [-0.4, -0.2) is 17.1 Å². The molecule has 1 aliphatic carbocycles. The molecule has 106 valence electrons. The summed E-state index contributed by atoms with van der Waals surface area (Å²) in [4.78, 5) is 16.5. The van der Waals surface area contributed by atoms with Gasteiger partial charge in [0.25, 0.3) is 0 Å². The highest BCUT2D eigenvalue weighted by Crippen LogP contribution is 2.35. The number of carbonyl (C=O) groups excluding carboxylic acids is 1. The lowest BCUT2D eigenvalue weighted by molar-refractivity contribution is -0.117. The standard InChI is InChI=1S/C17H21NO2/c1-12(13-7-5-4-6-8-13)18-11-14-15(19)9-17(2,3)10-16(14)20/h4-8,11-12,19H,9-10H2,1-3H3. The van der Waals surface area contributed by atoms with Gasteiger partial charge in [-0.3, -0.25) is 9.79 Å². The van der Waals surface area contributed by atoms with E-state index in [2.05, 4.69) is 4.99 Å². The normalized spacial score (nSPS) is 20.4. The number of aliphatic hydroxyl groups is 1. The molecule has 1 atom stereocenters. The first-order valence-corrected chi connectivity index (χ1v) is 6.92. The van der Waals surface area contributed by atoms with E-state index in [1.54, 1.807) is 0 Å². The smallest absolute Gasteiger partial charge is 0.168 e. The highest BCUT2D eigenvalue weighted by atomic mass is 16.3. The molecule has 0 aromatic heterocycles. The van der Waals surface area contributed by atoms with Crippen LogP contribution in [0, 0.1) is 5.41 Å². The predicted molar refractivity (Wildman–Crippen MR) is 81.0 cm³/mol. The van der Waals surface area contributed by atoms with Crippen LogP contribution in [-0.2, 0) is 4.79 Å². The summed E-state index contributed by atoms with van der Waals surface area (Å²) in [6.45, 7) is 5.95. The second kappa shape index (κ2) is 5.61. The summed E-state index contributed by atoms with van der Waals surface area (Å²) < 4.78 is 0. The number of Topliss-reactive ketones (excluding diaryl/α,β-unsaturated/α-hetero) is 1. The molecule has 3 heteroatoms. The van der Waals surface area contributed by atoms with Crippen LogP contribution in [0.3, 0.4) is 0 Å². The van der Waals surface area contributed by atoms with Gasteiger partial charge in [-0.15, -0.1) is 0 Å². The Hall–Kier alpha value is -1.90. The van der Waals surface area contributed by atoms with Crippen molar-refractivity contribution in [2.24, 2.45) is 10.4 Å². The number of rotatable bonds is 3. The third kappa shape index (κ3) is 3.35. The molecule has 2 rings (SSSR count). The average molecular weight is 271 g/mol. The maximum absolute atomic E-state index is 12.1. The summed E-state index contributed by atoms with van der Waals surface area (Å²) in [5.74, 6) is 0.137. The molecule has 0 bridgehead atoms. The van der Waals surface area contributed by atoms with Crippen molar-refractivity contribution in [3.63, 3.8) is 0 Å². The second-order valence-corrected chi connectivity index (χ2v) is 6.17. The molecule has 0 spiro atoms. The van der Waals surface area contributed by atoms with Gasteiger partial charge in [0.2, 0.25) is 0 Å². The zero-order valence-corrected chi connectivity index (χ0v) is 12.3. The third-order valence-corrected chi connectivity index (χ3v) is 3.61. The Balaban J connectivity index is 2.17. The minimum atomic E-state index is -0.163. The highest BCUT2D eigenvalue weighted by molar-refractivity contribution is 6.14. The molecule has 1 aliphatic rings. The maximum Gasteiger partial charge on any atom is 0.168 e. The van der Waals surface area contributed by atoms with Crippen LogP contribution >= 0.6 is 0 Å². The van der Waals surface area contributed by atoms with E-state index in [4.69, 9.17) is 0 Å². The third-order valence-electron chi connectivity index (χ3n) is 3.61. The minimum absolute atomic E-state index is 0.0252. The Morgan fingerprint density at radius 3 is 2.50 bits per heavy atom. The summed E-state index contributed by atoms with van der Waals surface area (Å²) >= 11 is 0. The molecule has 1 N–H and O–H groups in total. The summed E-state index contributed by atoms with van der Waals surface area (Å²) in [5, 5.41) is 10.0. The van der Waals surface area contributed by atoms with Gasteiger partial charge < -0.3 is 5.11 Å². The second-order valence-electron chi connectivity index (χ2n) is 6.17. The van der Waals surface area contributed by atoms with Crippen molar-refractivity contribution in [1.29, 1.82) is 0 Å². The molecule has 20 heavy (non-hydrogen) atoms. The summed E-state index contributed by atoms with van der Waals surface area (Å²) in [6.07, 6.45) is 2.52. The zero-order chi connectivity index (χ0) is 14.8. The lowest BCUT2D eigenvalue weighted by atomic mass is 9.77. The summed E-state index contributed by atoms with van der Waals surface area (Å²) in [6, 6.07) is 9.86. The molecule has 0 amide bonds. The lowest BCUT2D eigenvalue weighted by Gasteiger charge is -2.28. The number of allylic oxidation sites excluding steroid dienone is 2. The van der Waals surface area contributed by atoms with Gasteiger partial charge in [0, 0.05) is 19.1 Å². The molecule has 3 nitrogen and oxygen atoms in total. The molecule has 0 saturated carbocycles. The van der Waals surface area contributed by atoms with E-state index in [-0.39, 0.29) is 23.0 Å². The number of carbonyl (C=O) groups is 1. The van der Waals surface area contributed by atoms with Gasteiger partial charge in [-0.05, 0) is 17.9 Å². The first-order chi connectivity index (χ1) is 9.39. The van der Waals surface area contributed by atoms with Crippen molar-refractivity contribution in [2.45, 2.75) is 39.7 Å². The quantitative estimate of drug-likeness (QED) is 0.844. The fourth-order valence-corrected chi connectivity index (χ4v) is 2.45. The van der Waals surface area contributed by atoms with Gasteiger partial charge in [0.1, 0.15) is 5.76 Å². The molecule has 0 saturated heterocycles. The number of aliphatic hydroxyl groups excluding tert-OH is 1. The lowest BCUT2D eigenvalue weighted by Crippen LogP contribution is -2.26. The van der Waals surface area contributed by atoms with E-state index < -0.39 is 0 Å². The molecule has 0 radical (unpaired) electrons. The van der Waals surface area contributed by atoms with Crippen LogP contribution < -0.4 is 0 Å². The molecule has 1 aromatic rings. The van der Waals surface area contributed by atoms with Gasteiger partial charge >= 0.3 is 0 Å². The fraction of sp³-hybridized carbons (Fsp3) is 0.412. The van der Waals surface area contributed by atoms with Crippen molar-refractivity contribution in [2.75, 3.05) is 0 Å². The zero-order valence-electron chi connectivity index (χ0n) is 12.3. The highest BCUT2D eigenvalue weighted by Gasteiger charge is 2.32. The van der Waals surface area contributed by atoms with E-state index in [0.29, 0.717) is 18.4 Å². The Kier molecular flexibility index (Phi) is 4.07. The van der Waals surface area contributed by atoms with E-state index >= 15 is 0 Å². The Morgan fingerprint density at radius 2 is 1.90 bits per heavy atom. The summed E-state index contributed by atoms with van der Waals surface area (Å²) in [7, 11) is 0. The molecule has 1 unspecified atom stereocenters. The van der Waals surface area contributed by atoms with Gasteiger partial charge in [-0.25, -0.2) is 0 Å². The SMILES string of the molecule is CC(N=CC1=C(O)CC(C)(C)CC1=O)c1ccccc1. The molecule has 1 aromatic carbocycles. The molecule has 0 aliphatic heterocycles. The topological polar surface area (TPSA) is 49.7 Å². The van der Waals surface area contributed by atoms with Crippen molar-refractivity contribution < 1.29 is 9.90 Å². The first-order valence-electron chi connectivity index (χ1n) is 6.92. The van der Waals surface area contributed by atoms with Crippen LogP contribution in [0.25, 0.3) is 0 Å². The number of ketones is 1. The van der Waals surface area contributed by atoms with E-state index in [9.17, 15) is 9.90 Å². The van der Waals surface area contributed by atoms with Crippen molar-refractivity contribution in [3.05, 3.63) is 47.2 Å². The minimum Gasteiger partial charge on any atom is -0.511 e. The maximum atomic E-state index is 12.1. The number of benzene rings is 1. The van der Waals surface area contributed by atoms with Crippen LogP contribution in [0.1, 0.15) is 45.2 Å². The van der Waals surface area contributed by atoms with Gasteiger partial charge in [-0.2, -0.15) is 0 Å². The van der Waals surface area contributed by atoms with Gasteiger partial charge in [-0.1, -0.05) is 44.2 Å². The predicted octanol–water partition coefficient (Wildman–Crippen LogP) is 4.02. The monoisotopic (exact) mass is 271 g/mol. The van der Waals surface area contributed by atoms with Crippen molar-refractivity contribution in [1.82, 2.24) is 0 Å². The molecule has 0 heterocycles. The summed E-state index contributed by atoms with van der Waals surface area (Å²) in [5.41, 5.74) is 1.29. The van der Waals surface area contributed by atoms with E-state index in [1.165, 1.54) is 6.21 Å². The Morgan fingerprint density at radius 1 is 1.25 bits per heavy atom. The van der Waals surface area contributed by atoms with Crippen LogP contribution in [0.4, 0.5) is 0 Å². The first kappa shape index (κ1) is 14.5. The average Bonchev–Trinajstić information content (AvgIpc) is 2.37. The largest absolute Gasteiger partial charge is 0.511 e. The Bertz CT molecular complexity index is 556. The molecular formula is C17H21NO2. The number of hydrogen-bond acceptors (Lipinski definition) is 3. The van der Waals surface area contributed by atoms with Crippen molar-refractivity contribution >= 4 is 12.0 Å². The number of aliphatic imine (C=N–C) groups is 1. The van der Waals surface area contributed by atoms with Crippen LogP contribution in [0.15, 0.2) is 46.7 Å². The van der Waals surface area contributed by atoms with Crippen LogP contribution in [0.5, 0.6) is 0 Å². The number of hydrogen-bond donors (Lipinski definition) is 1. The van der Waals surface area contributed by atoms with E-state index in [0.717, 1.165) is 5.56 Å². The van der Waals surface area contributed by atoms with E-state index in [1.807, 2.05) is 51.1 Å². The van der Waals surface area contributed by atoms with Crippen molar-refractivity contribution in [3.8, 4) is 0 Å². The van der Waals surface area contributed by atoms with Crippen LogP contribution in [0.2, 0.25) is 0 Å².